The van der Waals surface area contributed by atoms with E-state index in [0.29, 0.717) is 23.5 Å². The number of unbranched alkanes of at least 4 members (excludes halogenated alkanes) is 1. The van der Waals surface area contributed by atoms with E-state index in [0.717, 1.165) is 12.8 Å². The van der Waals surface area contributed by atoms with E-state index in [1.807, 2.05) is 6.92 Å². The van der Waals surface area contributed by atoms with Crippen LogP contribution >= 0.6 is 0 Å². The Morgan fingerprint density at radius 2 is 1.88 bits per heavy atom. The number of carbonyl (C=O) groups excluding carboxylic acids is 2. The van der Waals surface area contributed by atoms with E-state index in [9.17, 15) is 24.8 Å². The van der Waals surface area contributed by atoms with Gasteiger partial charge in [-0.15, -0.1) is 0 Å². The molecule has 1 aliphatic rings. The van der Waals surface area contributed by atoms with Gasteiger partial charge in [0.2, 0.25) is 0 Å². The summed E-state index contributed by atoms with van der Waals surface area (Å²) in [6.45, 7) is 2.86. The molecule has 1 fully saturated rings. The number of methoxy groups -OCH3 is 1. The van der Waals surface area contributed by atoms with E-state index in [1.165, 1.54) is 36.3 Å². The molecular weight excluding hydrogens is 428 g/mol. The highest BCUT2D eigenvalue weighted by Gasteiger charge is 2.46. The van der Waals surface area contributed by atoms with Crippen LogP contribution in [0.2, 0.25) is 0 Å². The molecule has 1 amide bonds. The first-order chi connectivity index (χ1) is 15.9. The van der Waals surface area contributed by atoms with Crippen LogP contribution in [0.5, 0.6) is 5.75 Å². The highest BCUT2D eigenvalue weighted by Crippen LogP contribution is 2.40. The molecule has 0 saturated carbocycles. The molecule has 1 atom stereocenters. The predicted octanol–water partition coefficient (Wildman–Crippen LogP) is 3.84. The number of aliphatic hydroxyl groups excluding tert-OH is 1. The van der Waals surface area contributed by atoms with E-state index in [2.05, 4.69) is 0 Å². The summed E-state index contributed by atoms with van der Waals surface area (Å²) in [6.07, 6.45) is 1.85. The van der Waals surface area contributed by atoms with Crippen LogP contribution in [0.25, 0.3) is 5.76 Å². The average molecular weight is 454 g/mol. The Morgan fingerprint density at radius 1 is 1.15 bits per heavy atom. The summed E-state index contributed by atoms with van der Waals surface area (Å²) < 4.78 is 10.8. The average Bonchev–Trinajstić information content (AvgIpc) is 3.07. The number of nitrogens with zero attached hydrogens (tertiary/aromatic N) is 2. The second kappa shape index (κ2) is 10.7. The first-order valence-corrected chi connectivity index (χ1v) is 10.6. The van der Waals surface area contributed by atoms with E-state index in [4.69, 9.17) is 9.47 Å². The van der Waals surface area contributed by atoms with Crippen LogP contribution < -0.4 is 4.74 Å². The number of likely N-dealkylation sites (tertiary alicyclic amines) is 1. The Bertz CT molecular complexity index is 1060. The molecule has 33 heavy (non-hydrogen) atoms. The summed E-state index contributed by atoms with van der Waals surface area (Å²) in [5.74, 6) is -1.40. The molecule has 1 aliphatic heterocycles. The first kappa shape index (κ1) is 23.9. The molecule has 0 aliphatic carbocycles. The molecule has 1 saturated heterocycles. The smallest absolute Gasteiger partial charge is 0.295 e. The number of hydrogen-bond acceptors (Lipinski definition) is 7. The number of nitro benzene ring substituents is 1. The van der Waals surface area contributed by atoms with E-state index >= 15 is 0 Å². The number of hydrogen-bond donors (Lipinski definition) is 1. The Hall–Kier alpha value is -3.72. The lowest BCUT2D eigenvalue weighted by Crippen LogP contribution is -2.32. The van der Waals surface area contributed by atoms with Crippen molar-refractivity contribution in [3.8, 4) is 5.75 Å². The Labute approximate surface area is 191 Å². The molecule has 0 aromatic heterocycles. The third-order valence-electron chi connectivity index (χ3n) is 5.37. The van der Waals surface area contributed by atoms with Crippen LogP contribution in [0.4, 0.5) is 5.69 Å². The van der Waals surface area contributed by atoms with Gasteiger partial charge in [-0.3, -0.25) is 19.7 Å². The summed E-state index contributed by atoms with van der Waals surface area (Å²) in [5, 5.41) is 22.1. The fraction of sp³-hybridized carbons (Fsp3) is 0.333. The first-order valence-electron chi connectivity index (χ1n) is 10.6. The fourth-order valence-corrected chi connectivity index (χ4v) is 3.65. The number of ketones is 1. The molecule has 1 unspecified atom stereocenters. The molecule has 2 aromatic carbocycles. The molecule has 1 heterocycles. The molecule has 9 nitrogen and oxygen atoms in total. The van der Waals surface area contributed by atoms with Crippen molar-refractivity contribution in [1.29, 1.82) is 0 Å². The zero-order valence-electron chi connectivity index (χ0n) is 18.5. The Kier molecular flexibility index (Phi) is 7.78. The lowest BCUT2D eigenvalue weighted by molar-refractivity contribution is -0.384. The summed E-state index contributed by atoms with van der Waals surface area (Å²) in [4.78, 5) is 37.6. The van der Waals surface area contributed by atoms with Gasteiger partial charge in [0.05, 0.1) is 29.8 Å². The van der Waals surface area contributed by atoms with Gasteiger partial charge in [-0.2, -0.15) is 0 Å². The molecule has 0 spiro atoms. The van der Waals surface area contributed by atoms with Crippen molar-refractivity contribution in [2.75, 3.05) is 26.9 Å². The van der Waals surface area contributed by atoms with E-state index in [-0.39, 0.29) is 30.2 Å². The monoisotopic (exact) mass is 454 g/mol. The number of nitro groups is 1. The highest BCUT2D eigenvalue weighted by atomic mass is 16.6. The molecule has 9 heteroatoms. The van der Waals surface area contributed by atoms with Gasteiger partial charge in [-0.1, -0.05) is 25.5 Å². The third kappa shape index (κ3) is 5.20. The molecule has 3 rings (SSSR count). The molecule has 1 N–H and O–H groups in total. The van der Waals surface area contributed by atoms with Gasteiger partial charge in [0.25, 0.3) is 17.4 Å². The number of Topliss-reactive ketones (excluding diaryl/α,β-unsaturated/α-hetero) is 1. The topological polar surface area (TPSA) is 119 Å². The van der Waals surface area contributed by atoms with Gasteiger partial charge < -0.3 is 19.5 Å². The molecular formula is C24H26N2O7. The van der Waals surface area contributed by atoms with Gasteiger partial charge in [-0.25, -0.2) is 0 Å². The van der Waals surface area contributed by atoms with Crippen LogP contribution in [0.15, 0.2) is 54.1 Å². The normalized spacial score (nSPS) is 17.4. The summed E-state index contributed by atoms with van der Waals surface area (Å²) in [5.41, 5.74) is 0.591. The number of ether oxygens (including phenoxy) is 2. The standard InChI is InChI=1S/C24H26N2O7/c1-3-4-13-33-19-7-5-6-17(15-19)22(27)20-21(16-8-10-18(11-9-16)26(30)31)25(12-14-32-2)24(29)23(20)28/h5-11,15,21,27H,3-4,12-14H2,1-2H3. The van der Waals surface area contributed by atoms with Crippen LogP contribution in [-0.2, 0) is 14.3 Å². The number of aliphatic hydroxyl groups is 1. The van der Waals surface area contributed by atoms with Crippen molar-refractivity contribution in [3.05, 3.63) is 75.3 Å². The van der Waals surface area contributed by atoms with Crippen molar-refractivity contribution in [2.24, 2.45) is 0 Å². The highest BCUT2D eigenvalue weighted by molar-refractivity contribution is 6.46. The Morgan fingerprint density at radius 3 is 2.52 bits per heavy atom. The van der Waals surface area contributed by atoms with E-state index in [1.54, 1.807) is 24.3 Å². The summed E-state index contributed by atoms with van der Waals surface area (Å²) in [7, 11) is 1.47. The van der Waals surface area contributed by atoms with Crippen molar-refractivity contribution in [2.45, 2.75) is 25.8 Å². The predicted molar refractivity (Wildman–Crippen MR) is 121 cm³/mol. The zero-order chi connectivity index (χ0) is 24.0. The minimum Gasteiger partial charge on any atom is -0.507 e. The molecule has 2 aromatic rings. The van der Waals surface area contributed by atoms with Crippen molar-refractivity contribution in [1.82, 2.24) is 4.90 Å². The van der Waals surface area contributed by atoms with Gasteiger partial charge in [0.15, 0.2) is 0 Å². The lowest BCUT2D eigenvalue weighted by Gasteiger charge is -2.25. The maximum Gasteiger partial charge on any atom is 0.295 e. The number of rotatable bonds is 10. The van der Waals surface area contributed by atoms with Gasteiger partial charge in [0.1, 0.15) is 11.5 Å². The SMILES string of the molecule is CCCCOc1cccc(C(O)=C2C(=O)C(=O)N(CCOC)C2c2ccc([N+](=O)[O-])cc2)c1. The Balaban J connectivity index is 2.07. The number of amides is 1. The second-order valence-electron chi connectivity index (χ2n) is 7.56. The van der Waals surface area contributed by atoms with Crippen LogP contribution in [0.1, 0.15) is 36.9 Å². The third-order valence-corrected chi connectivity index (χ3v) is 5.37. The minimum atomic E-state index is -0.911. The van der Waals surface area contributed by atoms with E-state index < -0.39 is 22.7 Å². The number of benzene rings is 2. The van der Waals surface area contributed by atoms with Crippen LogP contribution in [0, 0.1) is 10.1 Å². The van der Waals surface area contributed by atoms with Crippen molar-refractivity contribution in [3.63, 3.8) is 0 Å². The minimum absolute atomic E-state index is 0.0873. The largest absolute Gasteiger partial charge is 0.507 e. The van der Waals surface area contributed by atoms with Crippen molar-refractivity contribution >= 4 is 23.1 Å². The zero-order valence-corrected chi connectivity index (χ0v) is 18.5. The maximum atomic E-state index is 13.0. The van der Waals surface area contributed by atoms with Gasteiger partial charge in [-0.05, 0) is 36.2 Å². The number of carbonyl (C=O) groups is 2. The van der Waals surface area contributed by atoms with Crippen molar-refractivity contribution < 1.29 is 29.1 Å². The van der Waals surface area contributed by atoms with Gasteiger partial charge in [0, 0.05) is 31.4 Å². The lowest BCUT2D eigenvalue weighted by atomic mass is 9.95. The van der Waals surface area contributed by atoms with Crippen LogP contribution in [-0.4, -0.2) is 53.5 Å². The molecule has 0 radical (unpaired) electrons. The molecule has 174 valence electrons. The second-order valence-corrected chi connectivity index (χ2v) is 7.56. The summed E-state index contributed by atoms with van der Waals surface area (Å²) in [6, 6.07) is 11.3. The van der Waals surface area contributed by atoms with Gasteiger partial charge >= 0.3 is 0 Å². The van der Waals surface area contributed by atoms with Crippen LogP contribution in [0.3, 0.4) is 0 Å². The fourth-order valence-electron chi connectivity index (χ4n) is 3.65. The number of non-ortho nitro benzene ring substituents is 1. The molecule has 0 bridgehead atoms. The quantitative estimate of drug-likeness (QED) is 0.145. The summed E-state index contributed by atoms with van der Waals surface area (Å²) >= 11 is 0. The maximum absolute atomic E-state index is 13.0.